The summed E-state index contributed by atoms with van der Waals surface area (Å²) in [5.41, 5.74) is 3.15. The second-order valence-electron chi connectivity index (χ2n) is 7.41. The van der Waals surface area contributed by atoms with Gasteiger partial charge in [-0.05, 0) is 31.9 Å². The molecular formula is C20H23N5O2. The fourth-order valence-corrected chi connectivity index (χ4v) is 3.66. The molecule has 0 spiro atoms. The predicted molar refractivity (Wildman–Crippen MR) is 106 cm³/mol. The Morgan fingerprint density at radius 2 is 1.70 bits per heavy atom. The Morgan fingerprint density at radius 1 is 1.04 bits per heavy atom. The molecule has 4 rings (SSSR count). The van der Waals surface area contributed by atoms with E-state index < -0.39 is 0 Å². The summed E-state index contributed by atoms with van der Waals surface area (Å²) in [7, 11) is 1.67. The topological polar surface area (TPSA) is 66.2 Å². The molecule has 0 aliphatic rings. The van der Waals surface area contributed by atoms with Gasteiger partial charge in [0.15, 0.2) is 11.2 Å². The number of rotatable bonds is 3. The lowest BCUT2D eigenvalue weighted by molar-refractivity contribution is 0.484. The average molecular weight is 365 g/mol. The highest BCUT2D eigenvalue weighted by molar-refractivity contribution is 5.77. The first kappa shape index (κ1) is 17.3. The minimum atomic E-state index is -0.331. The van der Waals surface area contributed by atoms with Crippen LogP contribution >= 0.6 is 0 Å². The van der Waals surface area contributed by atoms with Crippen LogP contribution in [0.2, 0.25) is 0 Å². The van der Waals surface area contributed by atoms with Gasteiger partial charge in [0, 0.05) is 30.7 Å². The van der Waals surface area contributed by atoms with Crippen molar-refractivity contribution in [1.82, 2.24) is 23.1 Å². The zero-order chi connectivity index (χ0) is 19.5. The van der Waals surface area contributed by atoms with Gasteiger partial charge < -0.3 is 0 Å². The molecule has 0 bridgehead atoms. The lowest BCUT2D eigenvalue weighted by Crippen LogP contribution is -2.40. The van der Waals surface area contributed by atoms with Crippen molar-refractivity contribution in [1.29, 1.82) is 0 Å². The molecule has 4 aromatic rings. The summed E-state index contributed by atoms with van der Waals surface area (Å²) in [5.74, 6) is 0.827. The number of hydrogen-bond acceptors (Lipinski definition) is 3. The average Bonchev–Trinajstić information content (AvgIpc) is 3.14. The quantitative estimate of drug-likeness (QED) is 0.560. The fraction of sp³-hybridized carbons (Fsp3) is 0.350. The van der Waals surface area contributed by atoms with Crippen LogP contribution in [0, 0.1) is 19.8 Å². The minimum absolute atomic E-state index is 0.188. The van der Waals surface area contributed by atoms with E-state index in [1.807, 2.05) is 67.0 Å². The van der Waals surface area contributed by atoms with E-state index in [-0.39, 0.29) is 17.2 Å². The van der Waals surface area contributed by atoms with Gasteiger partial charge in [-0.25, -0.2) is 4.79 Å². The van der Waals surface area contributed by atoms with Crippen LogP contribution in [0.4, 0.5) is 0 Å². The number of hydrogen-bond donors (Lipinski definition) is 0. The van der Waals surface area contributed by atoms with E-state index in [9.17, 15) is 9.59 Å². The third-order valence-electron chi connectivity index (χ3n) is 5.08. The van der Waals surface area contributed by atoms with E-state index in [0.29, 0.717) is 23.5 Å². The van der Waals surface area contributed by atoms with Crippen LogP contribution in [-0.2, 0) is 13.6 Å². The van der Waals surface area contributed by atoms with Crippen LogP contribution in [0.25, 0.3) is 22.6 Å². The summed E-state index contributed by atoms with van der Waals surface area (Å²) >= 11 is 0. The van der Waals surface area contributed by atoms with E-state index in [1.54, 1.807) is 7.05 Å². The van der Waals surface area contributed by atoms with E-state index in [2.05, 4.69) is 0 Å². The Hall–Kier alpha value is -3.09. The van der Waals surface area contributed by atoms with Crippen LogP contribution in [-0.4, -0.2) is 23.1 Å². The first-order valence-corrected chi connectivity index (χ1v) is 9.08. The number of aryl methyl sites for hydroxylation is 2. The van der Waals surface area contributed by atoms with Gasteiger partial charge in [-0.3, -0.25) is 22.9 Å². The van der Waals surface area contributed by atoms with Gasteiger partial charge in [-0.2, -0.15) is 4.98 Å². The highest BCUT2D eigenvalue weighted by Crippen LogP contribution is 2.24. The number of fused-ring (bicyclic) bond motifs is 3. The number of nitrogens with zero attached hydrogens (tertiary/aromatic N) is 5. The molecule has 0 unspecified atom stereocenters. The Kier molecular flexibility index (Phi) is 3.83. The second kappa shape index (κ2) is 5.97. The summed E-state index contributed by atoms with van der Waals surface area (Å²) in [5, 5.41) is 0. The first-order valence-electron chi connectivity index (χ1n) is 9.08. The smallest absolute Gasteiger partial charge is 0.283 e. The molecule has 140 valence electrons. The number of imidazole rings is 2. The first-order chi connectivity index (χ1) is 12.8. The standard InChI is InChI=1S/C20H23N5O2/c1-12(2)11-23-18(26)16-17(22(5)20(23)27)21-19-24(13(3)14(4)25(16)19)15-9-7-6-8-10-15/h6-10,12H,11H2,1-5H3. The van der Waals surface area contributed by atoms with E-state index in [1.165, 1.54) is 9.13 Å². The van der Waals surface area contributed by atoms with Crippen LogP contribution in [0.5, 0.6) is 0 Å². The van der Waals surface area contributed by atoms with Gasteiger partial charge in [0.1, 0.15) is 0 Å². The van der Waals surface area contributed by atoms with E-state index in [0.717, 1.165) is 17.1 Å². The zero-order valence-electron chi connectivity index (χ0n) is 16.2. The third-order valence-corrected chi connectivity index (χ3v) is 5.08. The number of benzene rings is 1. The molecule has 0 aliphatic heterocycles. The summed E-state index contributed by atoms with van der Waals surface area (Å²) in [6.45, 7) is 8.34. The maximum Gasteiger partial charge on any atom is 0.332 e. The third kappa shape index (κ3) is 2.38. The Morgan fingerprint density at radius 3 is 2.33 bits per heavy atom. The molecule has 0 atom stereocenters. The van der Waals surface area contributed by atoms with Crippen molar-refractivity contribution in [2.45, 2.75) is 34.2 Å². The van der Waals surface area contributed by atoms with Gasteiger partial charge in [0.05, 0.1) is 0 Å². The van der Waals surface area contributed by atoms with Crippen molar-refractivity contribution in [3.05, 3.63) is 62.6 Å². The molecule has 0 fully saturated rings. The lowest BCUT2D eigenvalue weighted by atomic mass is 10.2. The molecule has 7 nitrogen and oxygen atoms in total. The maximum atomic E-state index is 13.2. The summed E-state index contributed by atoms with van der Waals surface area (Å²) < 4.78 is 6.67. The zero-order valence-corrected chi connectivity index (χ0v) is 16.2. The largest absolute Gasteiger partial charge is 0.332 e. The molecule has 0 amide bonds. The van der Waals surface area contributed by atoms with E-state index >= 15 is 0 Å². The normalized spacial score (nSPS) is 11.9. The molecule has 0 aliphatic carbocycles. The number of para-hydroxylation sites is 1. The highest BCUT2D eigenvalue weighted by atomic mass is 16.2. The SMILES string of the molecule is Cc1c(C)n2c3c(=O)n(CC(C)C)c(=O)n(C)c3nc2n1-c1ccccc1. The summed E-state index contributed by atoms with van der Waals surface area (Å²) in [4.78, 5) is 30.6. The molecule has 1 aromatic carbocycles. The van der Waals surface area contributed by atoms with Crippen LogP contribution in [0.15, 0.2) is 39.9 Å². The summed E-state index contributed by atoms with van der Waals surface area (Å²) in [6.07, 6.45) is 0. The van der Waals surface area contributed by atoms with Crippen molar-refractivity contribution in [2.75, 3.05) is 0 Å². The monoisotopic (exact) mass is 365 g/mol. The van der Waals surface area contributed by atoms with Gasteiger partial charge in [-0.15, -0.1) is 0 Å². The molecular weight excluding hydrogens is 342 g/mol. The predicted octanol–water partition coefficient (Wildman–Crippen LogP) is 2.41. The van der Waals surface area contributed by atoms with Crippen LogP contribution in [0.1, 0.15) is 25.2 Å². The molecule has 0 saturated carbocycles. The molecule has 0 saturated heterocycles. The van der Waals surface area contributed by atoms with Crippen molar-refractivity contribution in [3.63, 3.8) is 0 Å². The fourth-order valence-electron chi connectivity index (χ4n) is 3.66. The number of aromatic nitrogens is 5. The molecule has 0 N–H and O–H groups in total. The molecule has 27 heavy (non-hydrogen) atoms. The Balaban J connectivity index is 2.19. The van der Waals surface area contributed by atoms with Gasteiger partial charge >= 0.3 is 5.69 Å². The van der Waals surface area contributed by atoms with Crippen molar-refractivity contribution >= 4 is 16.9 Å². The minimum Gasteiger partial charge on any atom is -0.283 e. The van der Waals surface area contributed by atoms with Crippen LogP contribution in [0.3, 0.4) is 0 Å². The maximum absolute atomic E-state index is 13.2. The van der Waals surface area contributed by atoms with Crippen molar-refractivity contribution in [2.24, 2.45) is 13.0 Å². The Labute approximate surface area is 156 Å². The second-order valence-corrected chi connectivity index (χ2v) is 7.41. The van der Waals surface area contributed by atoms with Gasteiger partial charge in [-0.1, -0.05) is 32.0 Å². The van der Waals surface area contributed by atoms with Gasteiger partial charge in [0.2, 0.25) is 5.78 Å². The lowest BCUT2D eigenvalue weighted by Gasteiger charge is -2.10. The van der Waals surface area contributed by atoms with E-state index in [4.69, 9.17) is 4.98 Å². The Bertz CT molecular complexity index is 1290. The molecule has 0 radical (unpaired) electrons. The molecule has 3 heterocycles. The van der Waals surface area contributed by atoms with Gasteiger partial charge in [0.25, 0.3) is 5.56 Å². The van der Waals surface area contributed by atoms with Crippen LogP contribution < -0.4 is 11.2 Å². The molecule has 7 heteroatoms. The van der Waals surface area contributed by atoms with Crippen molar-refractivity contribution < 1.29 is 0 Å². The summed E-state index contributed by atoms with van der Waals surface area (Å²) in [6, 6.07) is 9.90. The molecule has 3 aromatic heterocycles. The van der Waals surface area contributed by atoms with Crippen molar-refractivity contribution in [3.8, 4) is 5.69 Å². The highest BCUT2D eigenvalue weighted by Gasteiger charge is 2.23.